The Bertz CT molecular complexity index is 1110. The molecule has 3 rings (SSSR count). The van der Waals surface area contributed by atoms with Crippen LogP contribution in [0.2, 0.25) is 0 Å². The maximum Gasteiger partial charge on any atom is 0.258 e. The Hall–Kier alpha value is -2.93. The zero-order valence-corrected chi connectivity index (χ0v) is 20.8. The molecule has 0 unspecified atom stereocenters. The van der Waals surface area contributed by atoms with Crippen molar-refractivity contribution >= 4 is 47.1 Å². The molecule has 168 valence electrons. The summed E-state index contributed by atoms with van der Waals surface area (Å²) in [5, 5.41) is 13.1. The highest BCUT2D eigenvalue weighted by Crippen LogP contribution is 2.27. The minimum absolute atomic E-state index is 0.0119. The largest absolute Gasteiger partial charge is 0.307 e. The standard InChI is InChI=1S/C21H26IN9O/c1-13(9-24-12-23-5)16-11-31(29-27-16)17-7-15(10-25-14(17)2)20(32)26-19-8-18(21(3,4)22)28-30(19)6/h7-12,18,28H,5H2,1-4,6H3,(H,26,32)/b13-9+,24-12-/t18-/m0/s1. The molecule has 1 atom stereocenters. The van der Waals surface area contributed by atoms with Gasteiger partial charge in [0.15, 0.2) is 0 Å². The van der Waals surface area contributed by atoms with Crippen molar-refractivity contribution in [3.8, 4) is 5.69 Å². The summed E-state index contributed by atoms with van der Waals surface area (Å²) in [7, 11) is 1.87. The van der Waals surface area contributed by atoms with Crippen LogP contribution in [0.1, 0.15) is 42.5 Å². The van der Waals surface area contributed by atoms with Crippen LogP contribution in [-0.2, 0) is 0 Å². The van der Waals surface area contributed by atoms with E-state index in [9.17, 15) is 4.79 Å². The first-order chi connectivity index (χ1) is 15.1. The van der Waals surface area contributed by atoms with Gasteiger partial charge in [0.25, 0.3) is 5.91 Å². The molecule has 2 aromatic heterocycles. The first kappa shape index (κ1) is 23.7. The van der Waals surface area contributed by atoms with E-state index in [0.29, 0.717) is 22.8 Å². The molecule has 0 spiro atoms. The van der Waals surface area contributed by atoms with E-state index in [1.165, 1.54) is 6.34 Å². The number of rotatable bonds is 7. The molecule has 1 aliphatic heterocycles. The second-order valence-corrected chi connectivity index (χ2v) is 10.7. The molecular weight excluding hydrogens is 521 g/mol. The van der Waals surface area contributed by atoms with Crippen LogP contribution in [0.4, 0.5) is 0 Å². The van der Waals surface area contributed by atoms with E-state index in [2.05, 4.69) is 79.2 Å². The van der Waals surface area contributed by atoms with E-state index in [1.54, 1.807) is 29.3 Å². The van der Waals surface area contributed by atoms with E-state index in [4.69, 9.17) is 0 Å². The number of aryl methyl sites for hydroxylation is 1. The predicted molar refractivity (Wildman–Crippen MR) is 134 cm³/mol. The lowest BCUT2D eigenvalue weighted by Gasteiger charge is -2.25. The number of carbonyl (C=O) groups excluding carboxylic acids is 1. The van der Waals surface area contributed by atoms with Crippen LogP contribution < -0.4 is 10.7 Å². The Balaban J connectivity index is 1.82. The van der Waals surface area contributed by atoms with Crippen molar-refractivity contribution in [2.45, 2.75) is 37.2 Å². The normalized spacial score (nSPS) is 17.1. The second-order valence-electron chi connectivity index (χ2n) is 7.87. The Morgan fingerprint density at radius 3 is 2.84 bits per heavy atom. The van der Waals surface area contributed by atoms with Crippen LogP contribution in [-0.4, -0.2) is 60.5 Å². The van der Waals surface area contributed by atoms with Gasteiger partial charge in [-0.25, -0.2) is 15.1 Å². The fourth-order valence-electron chi connectivity index (χ4n) is 2.95. The summed E-state index contributed by atoms with van der Waals surface area (Å²) < 4.78 is 1.58. The maximum absolute atomic E-state index is 12.9. The van der Waals surface area contributed by atoms with E-state index in [1.807, 2.05) is 32.0 Å². The summed E-state index contributed by atoms with van der Waals surface area (Å²) in [6, 6.07) is 1.85. The highest BCUT2D eigenvalue weighted by atomic mass is 127. The third-order valence-corrected chi connectivity index (χ3v) is 5.55. The topological polar surface area (TPSA) is 113 Å². The lowest BCUT2D eigenvalue weighted by atomic mass is 10.1. The van der Waals surface area contributed by atoms with Crippen molar-refractivity contribution in [1.82, 2.24) is 35.7 Å². The number of alkyl halides is 1. The van der Waals surface area contributed by atoms with Gasteiger partial charge in [0, 0.05) is 22.9 Å². The Morgan fingerprint density at radius 1 is 1.44 bits per heavy atom. The zero-order chi connectivity index (χ0) is 23.5. The van der Waals surface area contributed by atoms with Gasteiger partial charge < -0.3 is 5.32 Å². The smallest absolute Gasteiger partial charge is 0.258 e. The van der Waals surface area contributed by atoms with Crippen LogP contribution in [0.5, 0.6) is 0 Å². The maximum atomic E-state index is 12.9. The molecule has 0 saturated heterocycles. The van der Waals surface area contributed by atoms with Gasteiger partial charge in [-0.2, -0.15) is 0 Å². The molecule has 1 amide bonds. The molecule has 10 nitrogen and oxygen atoms in total. The summed E-state index contributed by atoms with van der Waals surface area (Å²) in [6.07, 6.45) is 8.30. The Labute approximate surface area is 200 Å². The minimum atomic E-state index is -0.256. The number of nitrogens with one attached hydrogen (secondary N) is 2. The quantitative estimate of drug-likeness (QED) is 0.239. The fourth-order valence-corrected chi connectivity index (χ4v) is 3.27. The molecule has 1 aliphatic rings. The number of nitrogens with zero attached hydrogens (tertiary/aromatic N) is 7. The summed E-state index contributed by atoms with van der Waals surface area (Å²) >= 11 is 2.38. The first-order valence-corrected chi connectivity index (χ1v) is 10.9. The van der Waals surface area contributed by atoms with E-state index < -0.39 is 0 Å². The molecule has 11 heteroatoms. The van der Waals surface area contributed by atoms with Crippen LogP contribution >= 0.6 is 22.6 Å². The number of hydrogen-bond donors (Lipinski definition) is 2. The van der Waals surface area contributed by atoms with Crippen molar-refractivity contribution in [2.24, 2.45) is 9.98 Å². The second kappa shape index (κ2) is 9.69. The van der Waals surface area contributed by atoms with Crippen molar-refractivity contribution < 1.29 is 4.79 Å². The van der Waals surface area contributed by atoms with E-state index >= 15 is 0 Å². The van der Waals surface area contributed by atoms with Gasteiger partial charge >= 0.3 is 0 Å². The number of halogens is 1. The molecule has 2 N–H and O–H groups in total. The molecule has 0 bridgehead atoms. The summed E-state index contributed by atoms with van der Waals surface area (Å²) in [5.74, 6) is 0.443. The summed E-state index contributed by atoms with van der Waals surface area (Å²) in [4.78, 5) is 24.9. The molecule has 3 heterocycles. The third kappa shape index (κ3) is 5.46. The van der Waals surface area contributed by atoms with Crippen molar-refractivity contribution in [2.75, 3.05) is 7.05 Å². The predicted octanol–water partition coefficient (Wildman–Crippen LogP) is 2.66. The lowest BCUT2D eigenvalue weighted by Crippen LogP contribution is -2.44. The highest BCUT2D eigenvalue weighted by molar-refractivity contribution is 14.1. The number of carbonyl (C=O) groups is 1. The fraction of sp³-hybridized carbons (Fsp3) is 0.333. The van der Waals surface area contributed by atoms with Crippen molar-refractivity contribution in [3.05, 3.63) is 53.5 Å². The molecule has 0 radical (unpaired) electrons. The minimum Gasteiger partial charge on any atom is -0.307 e. The van der Waals surface area contributed by atoms with Gasteiger partial charge in [-0.15, -0.1) is 5.10 Å². The number of aliphatic imine (C=N–C) groups is 2. The average molecular weight is 547 g/mol. The zero-order valence-electron chi connectivity index (χ0n) is 18.7. The number of amides is 1. The van der Waals surface area contributed by atoms with Crippen molar-refractivity contribution in [3.63, 3.8) is 0 Å². The summed E-state index contributed by atoms with van der Waals surface area (Å²) in [6.45, 7) is 11.3. The monoisotopic (exact) mass is 547 g/mol. The van der Waals surface area contributed by atoms with Crippen LogP contribution in [0.15, 0.2) is 46.5 Å². The van der Waals surface area contributed by atoms with Crippen molar-refractivity contribution in [1.29, 1.82) is 0 Å². The average Bonchev–Trinajstić information content (AvgIpc) is 3.36. The molecule has 0 aliphatic carbocycles. The number of pyridine rings is 1. The van der Waals surface area contributed by atoms with Gasteiger partial charge in [0.2, 0.25) is 0 Å². The molecule has 0 fully saturated rings. The van der Waals surface area contributed by atoms with Gasteiger partial charge in [0.05, 0.1) is 29.2 Å². The SMILES string of the molecule is C=N/C=N\C=C(/C)c1cn(-c2cc(C(=O)NC3=C[C@@H](C(C)(C)I)NN3C)cnc2C)nn1. The lowest BCUT2D eigenvalue weighted by molar-refractivity contribution is 0.0950. The Morgan fingerprint density at radius 2 is 2.19 bits per heavy atom. The van der Waals surface area contributed by atoms with Gasteiger partial charge in [-0.3, -0.25) is 19.8 Å². The third-order valence-electron chi connectivity index (χ3n) is 4.88. The number of allylic oxidation sites excluding steroid dienone is 1. The van der Waals surface area contributed by atoms with E-state index in [-0.39, 0.29) is 15.4 Å². The molecule has 2 aromatic rings. The Kier molecular flexibility index (Phi) is 7.19. The highest BCUT2D eigenvalue weighted by Gasteiger charge is 2.32. The van der Waals surface area contributed by atoms with Crippen LogP contribution in [0.3, 0.4) is 0 Å². The molecule has 32 heavy (non-hydrogen) atoms. The van der Waals surface area contributed by atoms with Gasteiger partial charge in [0.1, 0.15) is 17.9 Å². The number of hydrogen-bond acceptors (Lipinski definition) is 7. The first-order valence-electron chi connectivity index (χ1n) is 9.86. The van der Waals surface area contributed by atoms with Crippen LogP contribution in [0, 0.1) is 6.92 Å². The molecular formula is C21H26IN9O. The molecule has 0 aromatic carbocycles. The summed E-state index contributed by atoms with van der Waals surface area (Å²) in [5.41, 5.74) is 6.60. The molecule has 0 saturated carbocycles. The van der Waals surface area contributed by atoms with Crippen LogP contribution in [0.25, 0.3) is 11.3 Å². The van der Waals surface area contributed by atoms with E-state index in [0.717, 1.165) is 11.3 Å². The van der Waals surface area contributed by atoms with Gasteiger partial charge in [-0.1, -0.05) is 27.8 Å². The van der Waals surface area contributed by atoms with Gasteiger partial charge in [-0.05, 0) is 52.1 Å². The number of hydrazine groups is 1. The number of aromatic nitrogens is 4.